The molecule has 0 saturated carbocycles. The van der Waals surface area contributed by atoms with E-state index in [-0.39, 0.29) is 16.5 Å². The summed E-state index contributed by atoms with van der Waals surface area (Å²) in [5, 5.41) is 33.1. The number of benzene rings is 1. The highest BCUT2D eigenvalue weighted by Gasteiger charge is 2.28. The van der Waals surface area contributed by atoms with Crippen LogP contribution in [0.3, 0.4) is 0 Å². The van der Waals surface area contributed by atoms with E-state index in [0.29, 0.717) is 0 Å². The maximum atomic E-state index is 12.0. The van der Waals surface area contributed by atoms with Crippen molar-refractivity contribution in [1.29, 1.82) is 0 Å². The molecule has 0 aliphatic heterocycles. The Morgan fingerprint density at radius 2 is 1.65 bits per heavy atom. The molecule has 0 bridgehead atoms. The van der Waals surface area contributed by atoms with Crippen LogP contribution in [0.1, 0.15) is 18.5 Å². The summed E-state index contributed by atoms with van der Waals surface area (Å²) < 4.78 is 0.938. The predicted molar refractivity (Wildman–Crippen MR) is 77.9 cm³/mol. The molecule has 2 aromatic rings. The fourth-order valence-corrected chi connectivity index (χ4v) is 2.30. The van der Waals surface area contributed by atoms with Crippen molar-refractivity contribution in [3.8, 4) is 0 Å². The van der Waals surface area contributed by atoms with Crippen molar-refractivity contribution in [2.75, 3.05) is 0 Å². The Bertz CT molecular complexity index is 918. The third-order valence-corrected chi connectivity index (χ3v) is 3.50. The van der Waals surface area contributed by atoms with Crippen LogP contribution in [-0.2, 0) is 7.05 Å². The second kappa shape index (κ2) is 5.44. The molecule has 1 aromatic carbocycles. The zero-order valence-electron chi connectivity index (χ0n) is 12.0. The van der Waals surface area contributed by atoms with Gasteiger partial charge in [-0.1, -0.05) is 0 Å². The van der Waals surface area contributed by atoms with Gasteiger partial charge in [0.05, 0.1) is 15.9 Å². The largest absolute Gasteiger partial charge is 0.305 e. The van der Waals surface area contributed by atoms with Crippen LogP contribution in [0.25, 0.3) is 10.9 Å². The van der Waals surface area contributed by atoms with Crippen molar-refractivity contribution in [2.45, 2.75) is 13.0 Å². The first-order valence-electron chi connectivity index (χ1n) is 6.25. The number of hydrogen-bond donors (Lipinski definition) is 0. The zero-order chi connectivity index (χ0) is 17.5. The lowest BCUT2D eigenvalue weighted by Crippen LogP contribution is -2.20. The quantitative estimate of drug-likeness (QED) is 0.613. The molecule has 1 aromatic heterocycles. The smallest absolute Gasteiger partial charge is 0.300 e. The first-order valence-corrected chi connectivity index (χ1v) is 6.25. The van der Waals surface area contributed by atoms with Gasteiger partial charge in [-0.05, 0) is 0 Å². The summed E-state index contributed by atoms with van der Waals surface area (Å²) in [6.07, 6.45) is 0. The Hall–Kier alpha value is -3.37. The Balaban J connectivity index is 3.08. The number of pyridine rings is 1. The van der Waals surface area contributed by atoms with Crippen molar-refractivity contribution in [1.82, 2.24) is 4.57 Å². The highest BCUT2D eigenvalue weighted by Crippen LogP contribution is 2.34. The lowest BCUT2D eigenvalue weighted by molar-refractivity contribution is -0.524. The summed E-state index contributed by atoms with van der Waals surface area (Å²) in [7, 11) is 1.25. The van der Waals surface area contributed by atoms with Gasteiger partial charge in [0.2, 0.25) is 6.04 Å². The van der Waals surface area contributed by atoms with E-state index in [1.165, 1.54) is 14.0 Å². The van der Waals surface area contributed by atoms with Gasteiger partial charge in [0, 0.05) is 42.0 Å². The van der Waals surface area contributed by atoms with Crippen LogP contribution >= 0.6 is 0 Å². The molecule has 0 saturated heterocycles. The standard InChI is InChI=1S/C12H10N4O7/c1-6(14(18)19)8-5-11(17)13(2)12-9(8)3-7(15(20)21)4-10(12)16(22)23/h3-6H,1-2H3. The average molecular weight is 322 g/mol. The Labute approximate surface area is 127 Å². The molecule has 2 rings (SSSR count). The monoisotopic (exact) mass is 322 g/mol. The minimum Gasteiger partial charge on any atom is -0.305 e. The van der Waals surface area contributed by atoms with Gasteiger partial charge >= 0.3 is 0 Å². The summed E-state index contributed by atoms with van der Waals surface area (Å²) in [5.74, 6) is 0. The van der Waals surface area contributed by atoms with Crippen LogP contribution in [0, 0.1) is 30.3 Å². The van der Waals surface area contributed by atoms with Crippen molar-refractivity contribution < 1.29 is 14.8 Å². The minimum absolute atomic E-state index is 0.0720. The van der Waals surface area contributed by atoms with Crippen molar-refractivity contribution in [3.63, 3.8) is 0 Å². The van der Waals surface area contributed by atoms with Crippen LogP contribution in [0.4, 0.5) is 11.4 Å². The summed E-state index contributed by atoms with van der Waals surface area (Å²) in [6, 6.07) is 1.33. The van der Waals surface area contributed by atoms with E-state index in [0.717, 1.165) is 22.8 Å². The number of nitrogens with zero attached hydrogens (tertiary/aromatic N) is 4. The molecule has 0 radical (unpaired) electrons. The fourth-order valence-electron chi connectivity index (χ4n) is 2.30. The molecule has 11 heteroatoms. The van der Waals surface area contributed by atoms with Crippen LogP contribution in [0.5, 0.6) is 0 Å². The number of aryl methyl sites for hydroxylation is 1. The van der Waals surface area contributed by atoms with Gasteiger partial charge in [-0.2, -0.15) is 0 Å². The predicted octanol–water partition coefficient (Wildman–Crippen LogP) is 1.69. The molecular formula is C12H10N4O7. The highest BCUT2D eigenvalue weighted by molar-refractivity contribution is 5.92. The van der Waals surface area contributed by atoms with E-state index in [4.69, 9.17) is 0 Å². The lowest BCUT2D eigenvalue weighted by atomic mass is 10.0. The summed E-state index contributed by atoms with van der Waals surface area (Å²) in [6.45, 7) is 1.19. The SMILES string of the molecule is CC(c1cc(=O)n(C)c2c([N+](=O)[O-])cc([N+](=O)[O-])cc12)[N+](=O)[O-]. The van der Waals surface area contributed by atoms with Crippen molar-refractivity contribution in [2.24, 2.45) is 7.05 Å². The Morgan fingerprint density at radius 1 is 1.04 bits per heavy atom. The number of non-ortho nitro benzene ring substituents is 2. The van der Waals surface area contributed by atoms with Crippen LogP contribution in [0.15, 0.2) is 23.0 Å². The van der Waals surface area contributed by atoms with Gasteiger partial charge < -0.3 is 4.57 Å². The topological polar surface area (TPSA) is 151 Å². The summed E-state index contributed by atoms with van der Waals surface area (Å²) in [5.41, 5.74) is -2.24. The maximum Gasteiger partial charge on any atom is 0.300 e. The molecule has 0 amide bonds. The van der Waals surface area contributed by atoms with Crippen LogP contribution in [0.2, 0.25) is 0 Å². The summed E-state index contributed by atoms with van der Waals surface area (Å²) >= 11 is 0. The third kappa shape index (κ3) is 2.59. The normalized spacial score (nSPS) is 12.1. The van der Waals surface area contributed by atoms with Gasteiger partial charge in [0.15, 0.2) is 0 Å². The summed E-state index contributed by atoms with van der Waals surface area (Å²) in [4.78, 5) is 42.8. The van der Waals surface area contributed by atoms with E-state index in [9.17, 15) is 35.1 Å². The van der Waals surface area contributed by atoms with E-state index < -0.39 is 37.7 Å². The number of fused-ring (bicyclic) bond motifs is 1. The molecule has 1 heterocycles. The van der Waals surface area contributed by atoms with Gasteiger partial charge in [-0.3, -0.25) is 35.1 Å². The number of nitro benzene ring substituents is 2. The molecule has 0 aliphatic carbocycles. The Morgan fingerprint density at radius 3 is 2.13 bits per heavy atom. The molecule has 1 atom stereocenters. The number of rotatable bonds is 4. The van der Waals surface area contributed by atoms with Gasteiger partial charge in [-0.25, -0.2) is 0 Å². The van der Waals surface area contributed by atoms with Crippen molar-refractivity contribution in [3.05, 3.63) is 64.5 Å². The van der Waals surface area contributed by atoms with Gasteiger partial charge in [0.1, 0.15) is 5.52 Å². The first-order chi connectivity index (χ1) is 10.6. The molecule has 120 valence electrons. The van der Waals surface area contributed by atoms with Crippen LogP contribution in [-0.4, -0.2) is 19.3 Å². The first kappa shape index (κ1) is 16.0. The van der Waals surface area contributed by atoms with E-state index in [1.54, 1.807) is 0 Å². The molecule has 11 nitrogen and oxygen atoms in total. The second-order valence-corrected chi connectivity index (χ2v) is 4.83. The molecular weight excluding hydrogens is 312 g/mol. The van der Waals surface area contributed by atoms with Crippen molar-refractivity contribution >= 4 is 22.3 Å². The molecule has 1 unspecified atom stereocenters. The minimum atomic E-state index is -1.35. The zero-order valence-corrected chi connectivity index (χ0v) is 12.0. The molecule has 0 N–H and O–H groups in total. The van der Waals surface area contributed by atoms with Crippen LogP contribution < -0.4 is 5.56 Å². The molecule has 0 spiro atoms. The van der Waals surface area contributed by atoms with E-state index in [2.05, 4.69) is 0 Å². The lowest BCUT2D eigenvalue weighted by Gasteiger charge is -2.11. The second-order valence-electron chi connectivity index (χ2n) is 4.83. The fraction of sp³-hybridized carbons (Fsp3) is 0.250. The average Bonchev–Trinajstić information content (AvgIpc) is 2.48. The number of nitro groups is 3. The highest BCUT2D eigenvalue weighted by atomic mass is 16.6. The number of hydrogen-bond acceptors (Lipinski definition) is 7. The maximum absolute atomic E-state index is 12.0. The van der Waals surface area contributed by atoms with Gasteiger partial charge in [0.25, 0.3) is 16.9 Å². The van der Waals surface area contributed by atoms with E-state index >= 15 is 0 Å². The Kier molecular flexibility index (Phi) is 3.79. The number of aromatic nitrogens is 1. The van der Waals surface area contributed by atoms with E-state index in [1.807, 2.05) is 0 Å². The molecule has 23 heavy (non-hydrogen) atoms. The molecule has 0 aliphatic rings. The van der Waals surface area contributed by atoms with Gasteiger partial charge in [-0.15, -0.1) is 0 Å². The third-order valence-electron chi connectivity index (χ3n) is 3.50. The molecule has 0 fully saturated rings.